The molecule has 0 unspecified atom stereocenters. The maximum atomic E-state index is 10.7. The van der Waals surface area contributed by atoms with E-state index in [1.807, 2.05) is 12.2 Å². The van der Waals surface area contributed by atoms with Gasteiger partial charge in [-0.15, -0.1) is 0 Å². The molecule has 0 spiro atoms. The number of ether oxygens (including phenoxy) is 1. The predicted molar refractivity (Wildman–Crippen MR) is 110 cm³/mol. The molecule has 1 aliphatic heterocycles. The number of aliphatic carboxylic acids is 1. The van der Waals surface area contributed by atoms with Gasteiger partial charge in [-0.1, -0.05) is 23.8 Å². The molecule has 6 atom stereocenters. The van der Waals surface area contributed by atoms with E-state index in [2.05, 4.69) is 19.9 Å². The van der Waals surface area contributed by atoms with Crippen LogP contribution in [0, 0.1) is 17.8 Å². The molecule has 2 rings (SSSR count). The zero-order valence-corrected chi connectivity index (χ0v) is 17.4. The van der Waals surface area contributed by atoms with Gasteiger partial charge in [-0.25, -0.2) is 0 Å². The van der Waals surface area contributed by atoms with E-state index in [1.165, 1.54) is 5.57 Å². The first-order valence-corrected chi connectivity index (χ1v) is 10.9. The number of hydrogen-bond donors (Lipinski definition) is 3. The first kappa shape index (κ1) is 23.1. The van der Waals surface area contributed by atoms with Gasteiger partial charge in [-0.3, -0.25) is 4.79 Å². The van der Waals surface area contributed by atoms with Crippen LogP contribution >= 0.6 is 0 Å². The Morgan fingerprint density at radius 1 is 1.25 bits per heavy atom. The number of unbranched alkanes of at least 4 members (excludes halogenated alkanes) is 1. The van der Waals surface area contributed by atoms with Crippen molar-refractivity contribution in [3.8, 4) is 0 Å². The number of aliphatic hydroxyl groups excluding tert-OH is 2. The van der Waals surface area contributed by atoms with E-state index < -0.39 is 18.2 Å². The van der Waals surface area contributed by atoms with E-state index in [-0.39, 0.29) is 24.4 Å². The molecule has 0 aromatic carbocycles. The fourth-order valence-corrected chi connectivity index (χ4v) is 4.56. The Morgan fingerprint density at radius 2 is 2.04 bits per heavy atom. The summed E-state index contributed by atoms with van der Waals surface area (Å²) in [4.78, 5) is 10.7. The van der Waals surface area contributed by atoms with Crippen LogP contribution < -0.4 is 0 Å². The Kier molecular flexibility index (Phi) is 9.69. The lowest BCUT2D eigenvalue weighted by molar-refractivity contribution is -0.137. The minimum Gasteiger partial charge on any atom is -0.481 e. The molecule has 5 nitrogen and oxygen atoms in total. The Labute approximate surface area is 169 Å². The second kappa shape index (κ2) is 11.7. The number of aliphatic hydroxyl groups is 2. The van der Waals surface area contributed by atoms with Gasteiger partial charge >= 0.3 is 5.97 Å². The highest BCUT2D eigenvalue weighted by Crippen LogP contribution is 2.42. The lowest BCUT2D eigenvalue weighted by Crippen LogP contribution is -2.21. The monoisotopic (exact) mass is 394 g/mol. The predicted octanol–water partition coefficient (Wildman–Crippen LogP) is 4.09. The molecule has 1 aliphatic carbocycles. The molecule has 0 aromatic heterocycles. The molecular weight excluding hydrogens is 356 g/mol. The highest BCUT2D eigenvalue weighted by Gasteiger charge is 2.43. The van der Waals surface area contributed by atoms with E-state index in [9.17, 15) is 15.0 Å². The molecule has 1 heterocycles. The normalized spacial score (nSPS) is 31.4. The maximum Gasteiger partial charge on any atom is 0.303 e. The van der Waals surface area contributed by atoms with Crippen LogP contribution in [0.4, 0.5) is 0 Å². The summed E-state index contributed by atoms with van der Waals surface area (Å²) in [5.41, 5.74) is 1.31. The van der Waals surface area contributed by atoms with Gasteiger partial charge in [0.05, 0.1) is 18.3 Å². The van der Waals surface area contributed by atoms with Crippen molar-refractivity contribution in [3.05, 3.63) is 23.8 Å². The van der Waals surface area contributed by atoms with Crippen LogP contribution in [-0.4, -0.2) is 46.2 Å². The third-order valence-corrected chi connectivity index (χ3v) is 6.16. The first-order chi connectivity index (χ1) is 13.4. The summed E-state index contributed by atoms with van der Waals surface area (Å²) in [7, 11) is 0. The SMILES string of the molecule is CC(C)=CCCC[C@@H](O)/C=C/[C@@H]1[C@H]2CC[C@H](CCCC(=O)O)CO[C@H]2C[C@H]1O. The minimum atomic E-state index is -0.737. The number of allylic oxidation sites excluding steroid dienone is 2. The van der Waals surface area contributed by atoms with Crippen molar-refractivity contribution in [2.75, 3.05) is 6.61 Å². The van der Waals surface area contributed by atoms with Crippen LogP contribution in [0.1, 0.15) is 71.6 Å². The van der Waals surface area contributed by atoms with E-state index in [4.69, 9.17) is 9.84 Å². The van der Waals surface area contributed by atoms with Crippen molar-refractivity contribution < 1.29 is 24.9 Å². The van der Waals surface area contributed by atoms with Crippen molar-refractivity contribution in [2.45, 2.75) is 89.9 Å². The summed E-state index contributed by atoms with van der Waals surface area (Å²) in [6, 6.07) is 0. The van der Waals surface area contributed by atoms with Gasteiger partial charge in [0.1, 0.15) is 0 Å². The Morgan fingerprint density at radius 3 is 2.75 bits per heavy atom. The van der Waals surface area contributed by atoms with Crippen LogP contribution in [-0.2, 0) is 9.53 Å². The van der Waals surface area contributed by atoms with Gasteiger partial charge in [0.25, 0.3) is 0 Å². The topological polar surface area (TPSA) is 87.0 Å². The molecule has 160 valence electrons. The standard InChI is InChI=1S/C23H38O5/c1-16(2)6-3-4-8-18(24)11-13-19-20-12-10-17(7-5-9-23(26)27)15-28-22(20)14-21(19)25/h6,11,13,17-22,24-25H,3-5,7-10,12,14-15H2,1-2H3,(H,26,27)/b13-11+/t17-,18+,19+,20+,21+,22-/m0/s1. The van der Waals surface area contributed by atoms with E-state index in [0.717, 1.165) is 38.5 Å². The lowest BCUT2D eigenvalue weighted by Gasteiger charge is -2.21. The molecule has 3 N–H and O–H groups in total. The summed E-state index contributed by atoms with van der Waals surface area (Å²) < 4.78 is 6.10. The number of rotatable bonds is 10. The Bertz CT molecular complexity index is 537. The van der Waals surface area contributed by atoms with Crippen LogP contribution in [0.15, 0.2) is 23.8 Å². The average Bonchev–Trinajstić information content (AvgIpc) is 2.79. The van der Waals surface area contributed by atoms with Gasteiger partial charge in [-0.2, -0.15) is 0 Å². The maximum absolute atomic E-state index is 10.7. The van der Waals surface area contributed by atoms with Crippen molar-refractivity contribution in [2.24, 2.45) is 17.8 Å². The van der Waals surface area contributed by atoms with Crippen LogP contribution in [0.25, 0.3) is 0 Å². The average molecular weight is 395 g/mol. The largest absolute Gasteiger partial charge is 0.481 e. The van der Waals surface area contributed by atoms with Crippen molar-refractivity contribution in [1.82, 2.24) is 0 Å². The van der Waals surface area contributed by atoms with Crippen LogP contribution in [0.2, 0.25) is 0 Å². The number of hydrogen-bond acceptors (Lipinski definition) is 4. The minimum absolute atomic E-state index is 0.0372. The fourth-order valence-electron chi connectivity index (χ4n) is 4.56. The van der Waals surface area contributed by atoms with Crippen molar-refractivity contribution >= 4 is 5.97 Å². The Hall–Kier alpha value is -1.17. The smallest absolute Gasteiger partial charge is 0.303 e. The van der Waals surface area contributed by atoms with Crippen LogP contribution in [0.5, 0.6) is 0 Å². The second-order valence-electron chi connectivity index (χ2n) is 8.81. The van der Waals surface area contributed by atoms with Crippen molar-refractivity contribution in [1.29, 1.82) is 0 Å². The number of fused-ring (bicyclic) bond motifs is 1. The Balaban J connectivity index is 1.81. The molecule has 0 bridgehead atoms. The summed E-state index contributed by atoms with van der Waals surface area (Å²) >= 11 is 0. The summed E-state index contributed by atoms with van der Waals surface area (Å²) in [5.74, 6) is -0.00432. The number of carbonyl (C=O) groups is 1. The fraction of sp³-hybridized carbons (Fsp3) is 0.783. The highest BCUT2D eigenvalue weighted by atomic mass is 16.5. The first-order valence-electron chi connectivity index (χ1n) is 10.9. The van der Waals surface area contributed by atoms with Crippen LogP contribution in [0.3, 0.4) is 0 Å². The molecule has 0 amide bonds. The zero-order valence-electron chi connectivity index (χ0n) is 17.4. The van der Waals surface area contributed by atoms with E-state index in [0.29, 0.717) is 25.4 Å². The molecule has 5 heteroatoms. The molecule has 1 saturated carbocycles. The van der Waals surface area contributed by atoms with Gasteiger partial charge in [-0.05, 0) is 70.6 Å². The molecule has 28 heavy (non-hydrogen) atoms. The lowest BCUT2D eigenvalue weighted by atomic mass is 9.86. The van der Waals surface area contributed by atoms with Gasteiger partial charge < -0.3 is 20.1 Å². The van der Waals surface area contributed by atoms with Gasteiger partial charge in [0, 0.05) is 25.4 Å². The zero-order chi connectivity index (χ0) is 20.5. The third-order valence-electron chi connectivity index (χ3n) is 6.16. The van der Waals surface area contributed by atoms with Gasteiger partial charge in [0.15, 0.2) is 0 Å². The molecule has 2 fully saturated rings. The molecular formula is C23H38O5. The number of carboxylic acid groups (broad SMARTS) is 1. The van der Waals surface area contributed by atoms with Crippen molar-refractivity contribution in [3.63, 3.8) is 0 Å². The molecule has 2 aliphatic rings. The van der Waals surface area contributed by atoms with Gasteiger partial charge in [0.2, 0.25) is 0 Å². The van der Waals surface area contributed by atoms with E-state index >= 15 is 0 Å². The summed E-state index contributed by atoms with van der Waals surface area (Å²) in [6.07, 6.45) is 12.4. The quantitative estimate of drug-likeness (QED) is 0.384. The second-order valence-corrected chi connectivity index (χ2v) is 8.81. The summed E-state index contributed by atoms with van der Waals surface area (Å²) in [5, 5.41) is 29.5. The third kappa shape index (κ3) is 7.69. The molecule has 1 saturated heterocycles. The summed E-state index contributed by atoms with van der Waals surface area (Å²) in [6.45, 7) is 4.83. The molecule has 0 radical (unpaired) electrons. The highest BCUT2D eigenvalue weighted by molar-refractivity contribution is 5.66. The van der Waals surface area contributed by atoms with E-state index in [1.54, 1.807) is 0 Å². The molecule has 0 aromatic rings. The number of carboxylic acids is 1.